The van der Waals surface area contributed by atoms with Gasteiger partial charge in [0.2, 0.25) is 0 Å². The minimum atomic E-state index is -4.58. The summed E-state index contributed by atoms with van der Waals surface area (Å²) in [6.45, 7) is 0. The lowest BCUT2D eigenvalue weighted by Crippen LogP contribution is -2.25. The van der Waals surface area contributed by atoms with E-state index < -0.39 is 24.5 Å². The number of H-pyrrole nitrogens is 1. The Morgan fingerprint density at radius 1 is 1.39 bits per heavy atom. The molecule has 2 N–H and O–H groups in total. The Balaban J connectivity index is 2.36. The number of hydrogen-bond donors (Lipinski definition) is 2. The van der Waals surface area contributed by atoms with E-state index in [1.165, 1.54) is 0 Å². The fraction of sp³-hybridized carbons (Fsp3) is 0.636. The molecule has 1 heterocycles. The molecule has 0 aromatic carbocycles. The molecule has 0 spiro atoms. The van der Waals surface area contributed by atoms with Crippen molar-refractivity contribution in [3.8, 4) is 0 Å². The number of aliphatic carboxylic acids is 1. The average Bonchev–Trinajstić information content (AvgIpc) is 2.67. The second-order valence-corrected chi connectivity index (χ2v) is 4.47. The summed E-state index contributed by atoms with van der Waals surface area (Å²) in [7, 11) is 0. The first kappa shape index (κ1) is 12.9. The van der Waals surface area contributed by atoms with E-state index >= 15 is 0 Å². The van der Waals surface area contributed by atoms with E-state index in [1.807, 2.05) is 0 Å². The Kier molecular flexibility index (Phi) is 3.32. The van der Waals surface area contributed by atoms with E-state index in [0.29, 0.717) is 18.4 Å². The van der Waals surface area contributed by atoms with Gasteiger partial charge in [-0.25, -0.2) is 0 Å². The van der Waals surface area contributed by atoms with Crippen LogP contribution in [0.3, 0.4) is 0 Å². The molecule has 0 amide bonds. The third-order valence-electron chi connectivity index (χ3n) is 3.19. The van der Waals surface area contributed by atoms with Crippen LogP contribution >= 0.6 is 0 Å². The highest BCUT2D eigenvalue weighted by atomic mass is 19.4. The summed E-state index contributed by atoms with van der Waals surface area (Å²) in [5, 5.41) is 14.9. The standard InChI is InChI=1S/C11H13F3N2O2/c12-11(13,14)7(5-9(17)18)10-6-3-1-2-4-8(6)15-16-10/h7H,1-5H2,(H,15,16)(H,17,18). The molecule has 18 heavy (non-hydrogen) atoms. The van der Waals surface area contributed by atoms with Gasteiger partial charge in [-0.15, -0.1) is 0 Å². The van der Waals surface area contributed by atoms with Gasteiger partial charge in [0, 0.05) is 5.69 Å². The number of aromatic amines is 1. The van der Waals surface area contributed by atoms with Crippen molar-refractivity contribution in [3.05, 3.63) is 17.0 Å². The molecule has 2 rings (SSSR count). The van der Waals surface area contributed by atoms with Gasteiger partial charge in [-0.3, -0.25) is 9.89 Å². The van der Waals surface area contributed by atoms with Gasteiger partial charge in [-0.05, 0) is 31.2 Å². The summed E-state index contributed by atoms with van der Waals surface area (Å²) in [6, 6.07) is 0. The van der Waals surface area contributed by atoms with E-state index in [2.05, 4.69) is 10.2 Å². The van der Waals surface area contributed by atoms with Crippen LogP contribution in [-0.2, 0) is 17.6 Å². The molecule has 1 aliphatic carbocycles. The van der Waals surface area contributed by atoms with Crippen LogP contribution in [0.1, 0.15) is 42.1 Å². The predicted molar refractivity (Wildman–Crippen MR) is 56.3 cm³/mol. The number of carboxylic acid groups (broad SMARTS) is 1. The fourth-order valence-corrected chi connectivity index (χ4v) is 2.34. The smallest absolute Gasteiger partial charge is 0.397 e. The fourth-order valence-electron chi connectivity index (χ4n) is 2.34. The molecule has 1 atom stereocenters. The van der Waals surface area contributed by atoms with Crippen molar-refractivity contribution in [3.63, 3.8) is 0 Å². The van der Waals surface area contributed by atoms with Crippen molar-refractivity contribution in [2.24, 2.45) is 0 Å². The Hall–Kier alpha value is -1.53. The van der Waals surface area contributed by atoms with Crippen LogP contribution in [0, 0.1) is 0 Å². The SMILES string of the molecule is O=C(O)CC(c1n[nH]c2c1CCCC2)C(F)(F)F. The predicted octanol–water partition coefficient (Wildman–Crippen LogP) is 2.41. The minimum Gasteiger partial charge on any atom is -0.481 e. The molecule has 1 aromatic rings. The second-order valence-electron chi connectivity index (χ2n) is 4.47. The molecule has 0 radical (unpaired) electrons. The average molecular weight is 262 g/mol. The lowest BCUT2D eigenvalue weighted by Gasteiger charge is -2.19. The van der Waals surface area contributed by atoms with Gasteiger partial charge in [-0.1, -0.05) is 0 Å². The van der Waals surface area contributed by atoms with Crippen LogP contribution in [0.15, 0.2) is 0 Å². The zero-order valence-electron chi connectivity index (χ0n) is 9.55. The van der Waals surface area contributed by atoms with Gasteiger partial charge < -0.3 is 5.11 Å². The highest BCUT2D eigenvalue weighted by molar-refractivity contribution is 5.68. The summed E-state index contributed by atoms with van der Waals surface area (Å²) in [5.74, 6) is -3.49. The quantitative estimate of drug-likeness (QED) is 0.879. The van der Waals surface area contributed by atoms with E-state index in [-0.39, 0.29) is 5.69 Å². The normalized spacial score (nSPS) is 17.3. The maximum absolute atomic E-state index is 12.9. The van der Waals surface area contributed by atoms with Gasteiger partial charge in [0.25, 0.3) is 0 Å². The molecule has 1 unspecified atom stereocenters. The van der Waals surface area contributed by atoms with Crippen molar-refractivity contribution in [1.82, 2.24) is 10.2 Å². The number of halogens is 3. The van der Waals surface area contributed by atoms with E-state index in [0.717, 1.165) is 18.5 Å². The van der Waals surface area contributed by atoms with Crippen LogP contribution in [0.2, 0.25) is 0 Å². The number of alkyl halides is 3. The number of rotatable bonds is 3. The molecule has 0 bridgehead atoms. The van der Waals surface area contributed by atoms with Gasteiger partial charge >= 0.3 is 12.1 Å². The highest BCUT2D eigenvalue weighted by Crippen LogP contribution is 2.39. The number of aromatic nitrogens is 2. The summed E-state index contributed by atoms with van der Waals surface area (Å²) in [4.78, 5) is 10.6. The van der Waals surface area contributed by atoms with Gasteiger partial charge in [0.15, 0.2) is 0 Å². The van der Waals surface area contributed by atoms with Crippen molar-refractivity contribution in [2.75, 3.05) is 0 Å². The highest BCUT2D eigenvalue weighted by Gasteiger charge is 2.45. The number of nitrogens with zero attached hydrogens (tertiary/aromatic N) is 1. The van der Waals surface area contributed by atoms with Crippen molar-refractivity contribution >= 4 is 5.97 Å². The molecule has 7 heteroatoms. The molecule has 4 nitrogen and oxygen atoms in total. The molecule has 100 valence electrons. The van der Waals surface area contributed by atoms with Crippen molar-refractivity contribution < 1.29 is 23.1 Å². The van der Waals surface area contributed by atoms with E-state index in [1.54, 1.807) is 0 Å². The van der Waals surface area contributed by atoms with Gasteiger partial charge in [-0.2, -0.15) is 18.3 Å². The van der Waals surface area contributed by atoms with Crippen molar-refractivity contribution in [2.45, 2.75) is 44.2 Å². The summed E-state index contributed by atoms with van der Waals surface area (Å²) in [6.07, 6.45) is -2.60. The lowest BCUT2D eigenvalue weighted by atomic mass is 9.89. The monoisotopic (exact) mass is 262 g/mol. The number of carbonyl (C=O) groups is 1. The Bertz CT molecular complexity index is 454. The molecule has 0 saturated carbocycles. The van der Waals surface area contributed by atoms with E-state index in [4.69, 9.17) is 5.11 Å². The lowest BCUT2D eigenvalue weighted by molar-refractivity contribution is -0.164. The maximum atomic E-state index is 12.9. The molecule has 0 saturated heterocycles. The molecule has 1 aliphatic rings. The summed E-state index contributed by atoms with van der Waals surface area (Å²) < 4.78 is 38.7. The Morgan fingerprint density at radius 3 is 2.67 bits per heavy atom. The first-order valence-electron chi connectivity index (χ1n) is 5.74. The second kappa shape index (κ2) is 4.62. The van der Waals surface area contributed by atoms with Crippen LogP contribution in [0.5, 0.6) is 0 Å². The summed E-state index contributed by atoms with van der Waals surface area (Å²) in [5.41, 5.74) is 1.14. The molecule has 1 aromatic heterocycles. The zero-order chi connectivity index (χ0) is 13.3. The number of aryl methyl sites for hydroxylation is 1. The minimum absolute atomic E-state index is 0.139. The van der Waals surface area contributed by atoms with Gasteiger partial charge in [0.05, 0.1) is 12.1 Å². The first-order valence-corrected chi connectivity index (χ1v) is 5.74. The number of carboxylic acids is 1. The molecular formula is C11H13F3N2O2. The maximum Gasteiger partial charge on any atom is 0.397 e. The third-order valence-corrected chi connectivity index (χ3v) is 3.19. The van der Waals surface area contributed by atoms with Crippen LogP contribution < -0.4 is 0 Å². The molecule has 0 fully saturated rings. The zero-order valence-corrected chi connectivity index (χ0v) is 9.55. The van der Waals surface area contributed by atoms with Crippen molar-refractivity contribution in [1.29, 1.82) is 0 Å². The van der Waals surface area contributed by atoms with Crippen LogP contribution in [-0.4, -0.2) is 27.4 Å². The van der Waals surface area contributed by atoms with Crippen LogP contribution in [0.25, 0.3) is 0 Å². The number of hydrogen-bond acceptors (Lipinski definition) is 2. The number of fused-ring (bicyclic) bond motifs is 1. The summed E-state index contributed by atoms with van der Waals surface area (Å²) >= 11 is 0. The Morgan fingerprint density at radius 2 is 2.06 bits per heavy atom. The first-order chi connectivity index (χ1) is 8.39. The third kappa shape index (κ3) is 2.49. The van der Waals surface area contributed by atoms with Gasteiger partial charge in [0.1, 0.15) is 5.92 Å². The van der Waals surface area contributed by atoms with E-state index in [9.17, 15) is 18.0 Å². The van der Waals surface area contributed by atoms with Crippen LogP contribution in [0.4, 0.5) is 13.2 Å². The molecule has 0 aliphatic heterocycles. The largest absolute Gasteiger partial charge is 0.481 e. The molecular weight excluding hydrogens is 249 g/mol. The number of nitrogens with one attached hydrogen (secondary N) is 1. The topological polar surface area (TPSA) is 66.0 Å². The Labute approximate surface area is 101 Å².